The van der Waals surface area contributed by atoms with Crippen LogP contribution in [0.5, 0.6) is 23.0 Å². The van der Waals surface area contributed by atoms with Crippen molar-refractivity contribution in [1.29, 1.82) is 0 Å². The van der Waals surface area contributed by atoms with E-state index in [4.69, 9.17) is 14.2 Å². The molecule has 0 radical (unpaired) electrons. The standard InChI is InChI=1S/C21H25F2NO5/c1-24(13-15-6-9-17(29-21(22)23)19(12-15)28-4)20(25)10-7-14-5-8-16(26-2)18(11-14)27-3/h5-6,8-9,11-12,21H,7,10,13H2,1-4H3. The van der Waals surface area contributed by atoms with Crippen LogP contribution in [-0.2, 0) is 17.8 Å². The van der Waals surface area contributed by atoms with E-state index in [0.29, 0.717) is 30.9 Å². The van der Waals surface area contributed by atoms with E-state index < -0.39 is 6.61 Å². The molecule has 0 heterocycles. The normalized spacial score (nSPS) is 10.6. The fourth-order valence-corrected chi connectivity index (χ4v) is 2.84. The third kappa shape index (κ3) is 6.23. The van der Waals surface area contributed by atoms with Gasteiger partial charge in [-0.1, -0.05) is 12.1 Å². The number of aryl methyl sites for hydroxylation is 1. The Labute approximate surface area is 168 Å². The smallest absolute Gasteiger partial charge is 0.387 e. The van der Waals surface area contributed by atoms with Crippen molar-refractivity contribution in [2.45, 2.75) is 26.0 Å². The third-order valence-corrected chi connectivity index (χ3v) is 4.37. The Bertz CT molecular complexity index is 829. The highest BCUT2D eigenvalue weighted by Crippen LogP contribution is 2.30. The number of amides is 1. The number of carbonyl (C=O) groups excluding carboxylic acids is 1. The van der Waals surface area contributed by atoms with Crippen molar-refractivity contribution in [3.05, 3.63) is 47.5 Å². The molecule has 158 valence electrons. The van der Waals surface area contributed by atoms with Crippen molar-refractivity contribution in [3.8, 4) is 23.0 Å². The number of nitrogens with zero attached hydrogens (tertiary/aromatic N) is 1. The summed E-state index contributed by atoms with van der Waals surface area (Å²) in [5.74, 6) is 1.34. The summed E-state index contributed by atoms with van der Waals surface area (Å²) in [6.07, 6.45) is 0.865. The minimum Gasteiger partial charge on any atom is -0.493 e. The maximum atomic E-state index is 12.5. The first kappa shape index (κ1) is 22.3. The Balaban J connectivity index is 1.97. The Hall–Kier alpha value is -3.03. The Morgan fingerprint density at radius 1 is 0.897 bits per heavy atom. The van der Waals surface area contributed by atoms with E-state index in [1.807, 2.05) is 12.1 Å². The monoisotopic (exact) mass is 409 g/mol. The van der Waals surface area contributed by atoms with E-state index in [0.717, 1.165) is 11.1 Å². The molecule has 1 amide bonds. The minimum absolute atomic E-state index is 0.0475. The molecule has 0 saturated carbocycles. The van der Waals surface area contributed by atoms with Crippen molar-refractivity contribution in [1.82, 2.24) is 4.90 Å². The first-order valence-electron chi connectivity index (χ1n) is 8.94. The Morgan fingerprint density at radius 2 is 1.45 bits per heavy atom. The van der Waals surface area contributed by atoms with Crippen LogP contribution in [0.1, 0.15) is 17.5 Å². The van der Waals surface area contributed by atoms with E-state index in [9.17, 15) is 13.6 Å². The molecule has 2 aromatic carbocycles. The average Bonchev–Trinajstić information content (AvgIpc) is 2.72. The summed E-state index contributed by atoms with van der Waals surface area (Å²) in [4.78, 5) is 14.1. The van der Waals surface area contributed by atoms with Gasteiger partial charge in [0.1, 0.15) is 0 Å². The van der Waals surface area contributed by atoms with Gasteiger partial charge in [0.05, 0.1) is 21.3 Å². The van der Waals surface area contributed by atoms with Crippen LogP contribution in [0, 0.1) is 0 Å². The number of hydrogen-bond donors (Lipinski definition) is 0. The fraction of sp³-hybridized carbons (Fsp3) is 0.381. The molecule has 0 aliphatic rings. The quantitative estimate of drug-likeness (QED) is 0.596. The second-order valence-electron chi connectivity index (χ2n) is 6.30. The maximum absolute atomic E-state index is 12.5. The molecule has 29 heavy (non-hydrogen) atoms. The van der Waals surface area contributed by atoms with Gasteiger partial charge in [0.2, 0.25) is 5.91 Å². The Morgan fingerprint density at radius 3 is 2.07 bits per heavy atom. The van der Waals surface area contributed by atoms with Crippen molar-refractivity contribution < 1.29 is 32.5 Å². The van der Waals surface area contributed by atoms with Gasteiger partial charge >= 0.3 is 6.61 Å². The van der Waals surface area contributed by atoms with Gasteiger partial charge < -0.3 is 23.8 Å². The van der Waals surface area contributed by atoms with E-state index in [2.05, 4.69) is 4.74 Å². The number of ether oxygens (including phenoxy) is 4. The van der Waals surface area contributed by atoms with Gasteiger partial charge in [-0.2, -0.15) is 8.78 Å². The lowest BCUT2D eigenvalue weighted by molar-refractivity contribution is -0.130. The van der Waals surface area contributed by atoms with Gasteiger partial charge in [0, 0.05) is 20.0 Å². The average molecular weight is 409 g/mol. The molecule has 2 aromatic rings. The highest BCUT2D eigenvalue weighted by Gasteiger charge is 2.14. The van der Waals surface area contributed by atoms with Crippen molar-refractivity contribution in [2.75, 3.05) is 28.4 Å². The second-order valence-corrected chi connectivity index (χ2v) is 6.30. The molecule has 0 aliphatic carbocycles. The van der Waals surface area contributed by atoms with Crippen molar-refractivity contribution in [3.63, 3.8) is 0 Å². The first-order valence-corrected chi connectivity index (χ1v) is 8.94. The first-order chi connectivity index (χ1) is 13.9. The summed E-state index contributed by atoms with van der Waals surface area (Å²) >= 11 is 0. The summed E-state index contributed by atoms with van der Waals surface area (Å²) in [6.45, 7) is -2.62. The summed E-state index contributed by atoms with van der Waals surface area (Å²) in [7, 11) is 6.19. The molecule has 2 rings (SSSR count). The van der Waals surface area contributed by atoms with E-state index >= 15 is 0 Å². The molecule has 0 saturated heterocycles. The van der Waals surface area contributed by atoms with E-state index in [1.54, 1.807) is 44.4 Å². The molecule has 0 fully saturated rings. The number of carbonyl (C=O) groups is 1. The lowest BCUT2D eigenvalue weighted by Gasteiger charge is -2.19. The number of methoxy groups -OCH3 is 3. The molecular formula is C21H25F2NO5. The molecular weight excluding hydrogens is 384 g/mol. The summed E-state index contributed by atoms with van der Waals surface area (Å²) in [5.41, 5.74) is 1.70. The zero-order chi connectivity index (χ0) is 21.4. The number of benzene rings is 2. The van der Waals surface area contributed by atoms with Crippen LogP contribution in [0.4, 0.5) is 8.78 Å². The van der Waals surface area contributed by atoms with Crippen LogP contribution in [0.3, 0.4) is 0 Å². The largest absolute Gasteiger partial charge is 0.493 e. The SMILES string of the molecule is COc1ccc(CCC(=O)N(C)Cc2ccc(OC(F)F)c(OC)c2)cc1OC. The van der Waals surface area contributed by atoms with Crippen molar-refractivity contribution >= 4 is 5.91 Å². The molecule has 8 heteroatoms. The second kappa shape index (κ2) is 10.5. The highest BCUT2D eigenvalue weighted by atomic mass is 19.3. The van der Waals surface area contributed by atoms with Crippen LogP contribution in [0.15, 0.2) is 36.4 Å². The molecule has 0 aliphatic heterocycles. The maximum Gasteiger partial charge on any atom is 0.387 e. The van der Waals surface area contributed by atoms with Gasteiger partial charge in [-0.15, -0.1) is 0 Å². The summed E-state index contributed by atoms with van der Waals surface area (Å²) < 4.78 is 44.8. The lowest BCUT2D eigenvalue weighted by Crippen LogP contribution is -2.26. The van der Waals surface area contributed by atoms with Gasteiger partial charge in [0.25, 0.3) is 0 Å². The summed E-state index contributed by atoms with van der Waals surface area (Å²) in [6, 6.07) is 10.1. The third-order valence-electron chi connectivity index (χ3n) is 4.37. The predicted molar refractivity (Wildman–Crippen MR) is 104 cm³/mol. The molecule has 0 spiro atoms. The molecule has 6 nitrogen and oxygen atoms in total. The van der Waals surface area contributed by atoms with Crippen molar-refractivity contribution in [2.24, 2.45) is 0 Å². The zero-order valence-electron chi connectivity index (χ0n) is 16.9. The fourth-order valence-electron chi connectivity index (χ4n) is 2.84. The van der Waals surface area contributed by atoms with Crippen LogP contribution >= 0.6 is 0 Å². The Kier molecular flexibility index (Phi) is 8.06. The van der Waals surface area contributed by atoms with E-state index in [1.165, 1.54) is 13.2 Å². The minimum atomic E-state index is -2.93. The highest BCUT2D eigenvalue weighted by molar-refractivity contribution is 5.76. The zero-order valence-corrected chi connectivity index (χ0v) is 16.9. The lowest BCUT2D eigenvalue weighted by atomic mass is 10.1. The van der Waals surface area contributed by atoms with Gasteiger partial charge in [-0.25, -0.2) is 0 Å². The van der Waals surface area contributed by atoms with Crippen LogP contribution in [0.2, 0.25) is 0 Å². The molecule has 0 aromatic heterocycles. The van der Waals surface area contributed by atoms with Crippen LogP contribution in [-0.4, -0.2) is 45.8 Å². The molecule has 0 N–H and O–H groups in total. The summed E-state index contributed by atoms with van der Waals surface area (Å²) in [5, 5.41) is 0. The number of alkyl halides is 2. The topological polar surface area (TPSA) is 57.2 Å². The van der Waals surface area contributed by atoms with Crippen LogP contribution in [0.25, 0.3) is 0 Å². The molecule has 0 atom stereocenters. The molecule has 0 bridgehead atoms. The van der Waals surface area contributed by atoms with Gasteiger partial charge in [0.15, 0.2) is 23.0 Å². The number of rotatable bonds is 10. The van der Waals surface area contributed by atoms with E-state index in [-0.39, 0.29) is 17.4 Å². The predicted octanol–water partition coefficient (Wildman–Crippen LogP) is 3.91. The number of hydrogen-bond acceptors (Lipinski definition) is 5. The van der Waals surface area contributed by atoms with Gasteiger partial charge in [-0.05, 0) is 41.8 Å². The number of halogens is 2. The van der Waals surface area contributed by atoms with Gasteiger partial charge in [-0.3, -0.25) is 4.79 Å². The van der Waals surface area contributed by atoms with Crippen LogP contribution < -0.4 is 18.9 Å². The molecule has 0 unspecified atom stereocenters.